The van der Waals surface area contributed by atoms with Gasteiger partial charge in [0, 0.05) is 19.5 Å². The Hall–Kier alpha value is -3.02. The first-order valence-corrected chi connectivity index (χ1v) is 12.8. The van der Waals surface area contributed by atoms with Crippen LogP contribution in [0.3, 0.4) is 0 Å². The highest BCUT2D eigenvalue weighted by Crippen LogP contribution is 2.38. The largest absolute Gasteiger partial charge is 0.493 e. The Morgan fingerprint density at radius 2 is 1.66 bits per heavy atom. The van der Waals surface area contributed by atoms with Crippen LogP contribution in [0.15, 0.2) is 66.7 Å². The van der Waals surface area contributed by atoms with Gasteiger partial charge in [-0.15, -0.1) is 0 Å². The van der Waals surface area contributed by atoms with Crippen molar-refractivity contribution < 1.29 is 14.2 Å². The van der Waals surface area contributed by atoms with Crippen LogP contribution in [0.5, 0.6) is 17.2 Å². The molecule has 1 aliphatic heterocycles. The topological polar surface area (TPSA) is 43.0 Å². The molecule has 0 aromatic heterocycles. The van der Waals surface area contributed by atoms with E-state index in [1.807, 2.05) is 6.07 Å². The van der Waals surface area contributed by atoms with E-state index in [1.54, 1.807) is 7.11 Å². The lowest BCUT2D eigenvalue weighted by molar-refractivity contribution is 0.217. The van der Waals surface area contributed by atoms with E-state index in [-0.39, 0.29) is 6.04 Å². The van der Waals surface area contributed by atoms with Gasteiger partial charge in [-0.3, -0.25) is 0 Å². The van der Waals surface area contributed by atoms with Crippen molar-refractivity contribution in [2.75, 3.05) is 46.5 Å². The van der Waals surface area contributed by atoms with Gasteiger partial charge in [-0.2, -0.15) is 0 Å². The van der Waals surface area contributed by atoms with Gasteiger partial charge in [0.15, 0.2) is 11.5 Å². The Morgan fingerprint density at radius 1 is 0.886 bits per heavy atom. The average Bonchev–Trinajstić information content (AvgIpc) is 2.91. The molecule has 0 fully saturated rings. The lowest BCUT2D eigenvalue weighted by Gasteiger charge is -2.29. The van der Waals surface area contributed by atoms with Gasteiger partial charge in [0.1, 0.15) is 12.4 Å². The van der Waals surface area contributed by atoms with Crippen molar-refractivity contribution in [3.05, 3.63) is 89.0 Å². The van der Waals surface area contributed by atoms with Gasteiger partial charge in [-0.05, 0) is 66.0 Å². The van der Waals surface area contributed by atoms with Crippen LogP contribution in [0, 0.1) is 0 Å². The summed E-state index contributed by atoms with van der Waals surface area (Å²) in [6.45, 7) is 9.56. The quantitative estimate of drug-likeness (QED) is 0.387. The maximum atomic E-state index is 6.20. The van der Waals surface area contributed by atoms with Gasteiger partial charge < -0.3 is 24.4 Å². The summed E-state index contributed by atoms with van der Waals surface area (Å²) < 4.78 is 17.9. The third-order valence-corrected chi connectivity index (χ3v) is 6.75. The molecule has 0 saturated carbocycles. The molecule has 0 bridgehead atoms. The number of rotatable bonds is 12. The zero-order valence-electron chi connectivity index (χ0n) is 21.3. The molecule has 0 saturated heterocycles. The van der Waals surface area contributed by atoms with Crippen molar-refractivity contribution in [1.29, 1.82) is 0 Å². The van der Waals surface area contributed by atoms with Crippen molar-refractivity contribution >= 4 is 0 Å². The van der Waals surface area contributed by atoms with E-state index in [1.165, 1.54) is 22.3 Å². The monoisotopic (exact) mass is 474 g/mol. The van der Waals surface area contributed by atoms with E-state index >= 15 is 0 Å². The molecular formula is C30H38N2O3. The van der Waals surface area contributed by atoms with Crippen LogP contribution >= 0.6 is 0 Å². The maximum Gasteiger partial charge on any atom is 0.161 e. The summed E-state index contributed by atoms with van der Waals surface area (Å²) >= 11 is 0. The number of nitrogens with zero attached hydrogens (tertiary/aromatic N) is 1. The van der Waals surface area contributed by atoms with Crippen LogP contribution in [-0.2, 0) is 12.8 Å². The zero-order chi connectivity index (χ0) is 24.5. The van der Waals surface area contributed by atoms with E-state index in [2.05, 4.69) is 84.7 Å². The molecule has 0 spiro atoms. The highest BCUT2D eigenvalue weighted by molar-refractivity contribution is 5.52. The summed E-state index contributed by atoms with van der Waals surface area (Å²) in [7, 11) is 1.72. The molecular weight excluding hydrogens is 436 g/mol. The van der Waals surface area contributed by atoms with Gasteiger partial charge in [0.2, 0.25) is 0 Å². The SMILES string of the molecule is CCN(CC)CCOc1cc2c(cc1OC)CCNC2c1ccc(OCCc2ccccc2)cc1. The fraction of sp³-hybridized carbons (Fsp3) is 0.400. The number of hydrogen-bond acceptors (Lipinski definition) is 5. The van der Waals surface area contributed by atoms with Gasteiger partial charge in [-0.1, -0.05) is 56.3 Å². The Bertz CT molecular complexity index is 1050. The van der Waals surface area contributed by atoms with Crippen LogP contribution in [0.4, 0.5) is 0 Å². The smallest absolute Gasteiger partial charge is 0.161 e. The minimum atomic E-state index is 0.119. The van der Waals surface area contributed by atoms with Crippen LogP contribution in [-0.4, -0.2) is 51.4 Å². The second-order valence-electron chi connectivity index (χ2n) is 8.87. The summed E-state index contributed by atoms with van der Waals surface area (Å²) in [6, 6.07) is 23.3. The molecule has 186 valence electrons. The molecule has 5 heteroatoms. The number of ether oxygens (including phenoxy) is 3. The van der Waals surface area contributed by atoms with Gasteiger partial charge in [-0.25, -0.2) is 0 Å². The van der Waals surface area contributed by atoms with E-state index in [0.29, 0.717) is 13.2 Å². The van der Waals surface area contributed by atoms with Crippen LogP contribution in [0.2, 0.25) is 0 Å². The molecule has 4 rings (SSSR count). The summed E-state index contributed by atoms with van der Waals surface area (Å²) in [5.41, 5.74) is 5.08. The molecule has 3 aromatic carbocycles. The minimum absolute atomic E-state index is 0.119. The molecule has 0 radical (unpaired) electrons. The maximum absolute atomic E-state index is 6.20. The minimum Gasteiger partial charge on any atom is -0.493 e. The second kappa shape index (κ2) is 12.6. The summed E-state index contributed by atoms with van der Waals surface area (Å²) in [5.74, 6) is 2.52. The molecule has 1 heterocycles. The predicted octanol–water partition coefficient (Wildman–Crippen LogP) is 5.27. The Kier molecular flexibility index (Phi) is 9.04. The van der Waals surface area contributed by atoms with Gasteiger partial charge >= 0.3 is 0 Å². The lowest BCUT2D eigenvalue weighted by atomic mass is 9.89. The number of benzene rings is 3. The van der Waals surface area contributed by atoms with Crippen molar-refractivity contribution in [1.82, 2.24) is 10.2 Å². The summed E-state index contributed by atoms with van der Waals surface area (Å²) in [6.07, 6.45) is 1.88. The number of nitrogens with one attached hydrogen (secondary N) is 1. The highest BCUT2D eigenvalue weighted by atomic mass is 16.5. The Labute approximate surface area is 210 Å². The Balaban J connectivity index is 1.44. The van der Waals surface area contributed by atoms with Gasteiger partial charge in [0.25, 0.3) is 0 Å². The zero-order valence-corrected chi connectivity index (χ0v) is 21.3. The summed E-state index contributed by atoms with van der Waals surface area (Å²) in [4.78, 5) is 2.36. The molecule has 1 aliphatic rings. The number of hydrogen-bond donors (Lipinski definition) is 1. The molecule has 1 unspecified atom stereocenters. The first-order chi connectivity index (χ1) is 17.2. The fourth-order valence-corrected chi connectivity index (χ4v) is 4.65. The normalized spacial score (nSPS) is 15.0. The van der Waals surface area contributed by atoms with Crippen LogP contribution in [0.25, 0.3) is 0 Å². The van der Waals surface area contributed by atoms with Crippen LogP contribution < -0.4 is 19.5 Å². The van der Waals surface area contributed by atoms with E-state index in [4.69, 9.17) is 14.2 Å². The average molecular weight is 475 g/mol. The predicted molar refractivity (Wildman–Crippen MR) is 142 cm³/mol. The van der Waals surface area contributed by atoms with Crippen LogP contribution in [0.1, 0.15) is 42.1 Å². The standard InChI is InChI=1S/C30H38N2O3/c1-4-32(5-2)18-20-35-29-22-27-25(21-28(29)33-3)15-17-31-30(27)24-11-13-26(14-12-24)34-19-16-23-9-7-6-8-10-23/h6-14,21-22,30-31H,4-5,15-20H2,1-3H3. The molecule has 1 N–H and O–H groups in total. The molecule has 0 aliphatic carbocycles. The Morgan fingerprint density at radius 3 is 2.37 bits per heavy atom. The van der Waals surface area contributed by atoms with Crippen molar-refractivity contribution in [2.45, 2.75) is 32.7 Å². The van der Waals surface area contributed by atoms with Crippen molar-refractivity contribution in [3.63, 3.8) is 0 Å². The first-order valence-electron chi connectivity index (χ1n) is 12.8. The lowest BCUT2D eigenvalue weighted by Crippen LogP contribution is -2.31. The van der Waals surface area contributed by atoms with E-state index < -0.39 is 0 Å². The van der Waals surface area contributed by atoms with E-state index in [0.717, 1.165) is 56.3 Å². The molecule has 1 atom stereocenters. The second-order valence-corrected chi connectivity index (χ2v) is 8.87. The van der Waals surface area contributed by atoms with Crippen molar-refractivity contribution in [3.8, 4) is 17.2 Å². The first kappa shape index (κ1) is 25.1. The van der Waals surface area contributed by atoms with E-state index in [9.17, 15) is 0 Å². The number of methoxy groups -OCH3 is 1. The third kappa shape index (κ3) is 6.56. The molecule has 35 heavy (non-hydrogen) atoms. The highest BCUT2D eigenvalue weighted by Gasteiger charge is 2.24. The molecule has 5 nitrogen and oxygen atoms in total. The molecule has 3 aromatic rings. The fourth-order valence-electron chi connectivity index (χ4n) is 4.65. The van der Waals surface area contributed by atoms with Crippen molar-refractivity contribution in [2.24, 2.45) is 0 Å². The number of likely N-dealkylation sites (N-methyl/N-ethyl adjacent to an activating group) is 1. The third-order valence-electron chi connectivity index (χ3n) is 6.75. The van der Waals surface area contributed by atoms with Gasteiger partial charge in [0.05, 0.1) is 19.8 Å². The number of fused-ring (bicyclic) bond motifs is 1. The summed E-state index contributed by atoms with van der Waals surface area (Å²) in [5, 5.41) is 3.69. The molecule has 0 amide bonds.